The van der Waals surface area contributed by atoms with Gasteiger partial charge in [-0.3, -0.25) is 0 Å². The van der Waals surface area contributed by atoms with Crippen LogP contribution in [0.25, 0.3) is 10.2 Å². The molecule has 2 aromatic heterocycles. The minimum atomic E-state index is 0.153. The fraction of sp³-hybridized carbons (Fsp3) is 0.125. The van der Waals surface area contributed by atoms with Crippen LogP contribution in [0.5, 0.6) is 0 Å². The topological polar surface area (TPSA) is 37.8 Å². The Morgan fingerprint density at radius 2 is 2.00 bits per heavy atom. The van der Waals surface area contributed by atoms with Crippen molar-refractivity contribution < 1.29 is 0 Å². The van der Waals surface area contributed by atoms with E-state index < -0.39 is 0 Å². The molecule has 0 saturated heterocycles. The number of aromatic nitrogens is 2. The van der Waals surface area contributed by atoms with Gasteiger partial charge in [0, 0.05) is 11.6 Å². The molecule has 0 saturated carbocycles. The molecule has 3 rings (SSSR count). The van der Waals surface area contributed by atoms with Crippen LogP contribution in [0.2, 0.25) is 0 Å². The predicted molar refractivity (Wildman–Crippen MR) is 83.8 cm³/mol. The summed E-state index contributed by atoms with van der Waals surface area (Å²) in [7, 11) is 0. The zero-order chi connectivity index (χ0) is 13.9. The van der Waals surface area contributed by atoms with E-state index in [0.717, 1.165) is 21.6 Å². The van der Waals surface area contributed by atoms with Crippen LogP contribution in [0.1, 0.15) is 24.1 Å². The average molecular weight is 279 g/mol. The smallest absolute Gasteiger partial charge is 0.138 e. The van der Waals surface area contributed by atoms with Crippen LogP contribution in [0.15, 0.2) is 42.0 Å². The number of anilines is 1. The summed E-state index contributed by atoms with van der Waals surface area (Å²) < 4.78 is 0. The van der Waals surface area contributed by atoms with Crippen molar-refractivity contribution in [2.24, 2.45) is 0 Å². The summed E-state index contributed by atoms with van der Waals surface area (Å²) in [5.74, 6) is 3.49. The summed E-state index contributed by atoms with van der Waals surface area (Å²) in [6.07, 6.45) is 6.96. The van der Waals surface area contributed by atoms with Gasteiger partial charge in [0.15, 0.2) is 0 Å². The molecule has 20 heavy (non-hydrogen) atoms. The number of hydrogen-bond acceptors (Lipinski definition) is 4. The first-order valence-corrected chi connectivity index (χ1v) is 7.17. The van der Waals surface area contributed by atoms with Crippen molar-refractivity contribution in [1.82, 2.24) is 9.97 Å². The molecule has 0 spiro atoms. The lowest BCUT2D eigenvalue weighted by Gasteiger charge is -2.15. The quantitative estimate of drug-likeness (QED) is 0.740. The molecule has 0 aliphatic carbocycles. The van der Waals surface area contributed by atoms with Crippen molar-refractivity contribution in [2.75, 3.05) is 5.32 Å². The zero-order valence-corrected chi connectivity index (χ0v) is 11.8. The number of nitrogens with zero attached hydrogens (tertiary/aromatic N) is 2. The normalized spacial score (nSPS) is 12.0. The molecular weight excluding hydrogens is 266 g/mol. The lowest BCUT2D eigenvalue weighted by atomic mass is 10.1. The summed E-state index contributed by atoms with van der Waals surface area (Å²) in [6, 6.07) is 10.2. The van der Waals surface area contributed by atoms with E-state index in [-0.39, 0.29) is 6.04 Å². The second-order valence-corrected chi connectivity index (χ2v) is 5.39. The average Bonchev–Trinajstić information content (AvgIpc) is 2.97. The van der Waals surface area contributed by atoms with Crippen LogP contribution in [-0.2, 0) is 0 Å². The molecule has 1 aromatic carbocycles. The van der Waals surface area contributed by atoms with Gasteiger partial charge in [-0.2, -0.15) is 0 Å². The van der Waals surface area contributed by atoms with Gasteiger partial charge >= 0.3 is 0 Å². The van der Waals surface area contributed by atoms with Gasteiger partial charge < -0.3 is 5.32 Å². The minimum absolute atomic E-state index is 0.153. The molecule has 0 aliphatic heterocycles. The molecule has 0 radical (unpaired) electrons. The SMILES string of the molecule is C#Cc1ccc([C@H](C)Nc2ncnc3sccc23)cc1. The summed E-state index contributed by atoms with van der Waals surface area (Å²) in [4.78, 5) is 9.58. The number of terminal acetylenes is 1. The standard InChI is InChI=1S/C16H13N3S/c1-3-12-4-6-13(7-5-12)11(2)19-15-14-8-9-20-16(14)18-10-17-15/h1,4-11H,2H3,(H,17,18,19)/t11-/m0/s1. The number of thiophene rings is 1. The lowest BCUT2D eigenvalue weighted by molar-refractivity contribution is 0.876. The molecule has 98 valence electrons. The van der Waals surface area contributed by atoms with E-state index in [9.17, 15) is 0 Å². The van der Waals surface area contributed by atoms with Crippen molar-refractivity contribution in [2.45, 2.75) is 13.0 Å². The molecular formula is C16H13N3S. The van der Waals surface area contributed by atoms with E-state index in [4.69, 9.17) is 6.42 Å². The molecule has 0 aliphatic rings. The summed E-state index contributed by atoms with van der Waals surface area (Å²) in [5.41, 5.74) is 2.06. The van der Waals surface area contributed by atoms with Crippen LogP contribution in [-0.4, -0.2) is 9.97 Å². The zero-order valence-electron chi connectivity index (χ0n) is 11.0. The Morgan fingerprint density at radius 1 is 1.20 bits per heavy atom. The van der Waals surface area contributed by atoms with E-state index in [1.165, 1.54) is 5.56 Å². The molecule has 3 aromatic rings. The Balaban J connectivity index is 1.86. The van der Waals surface area contributed by atoms with Crippen LogP contribution in [0.4, 0.5) is 5.82 Å². The number of benzene rings is 1. The third-order valence-electron chi connectivity index (χ3n) is 3.19. The van der Waals surface area contributed by atoms with Crippen molar-refractivity contribution in [3.8, 4) is 12.3 Å². The molecule has 0 unspecified atom stereocenters. The van der Waals surface area contributed by atoms with E-state index in [2.05, 4.69) is 28.1 Å². The molecule has 1 atom stereocenters. The van der Waals surface area contributed by atoms with Gasteiger partial charge in [-0.05, 0) is 36.1 Å². The van der Waals surface area contributed by atoms with Crippen LogP contribution in [0.3, 0.4) is 0 Å². The molecule has 0 bridgehead atoms. The van der Waals surface area contributed by atoms with Crippen molar-refractivity contribution in [1.29, 1.82) is 0 Å². The van der Waals surface area contributed by atoms with E-state index in [0.29, 0.717) is 0 Å². The second kappa shape index (κ2) is 5.32. The van der Waals surface area contributed by atoms with Crippen LogP contribution in [0, 0.1) is 12.3 Å². The Bertz CT molecular complexity index is 768. The van der Waals surface area contributed by atoms with Crippen LogP contribution < -0.4 is 5.32 Å². The number of hydrogen-bond donors (Lipinski definition) is 1. The first-order chi connectivity index (χ1) is 9.78. The minimum Gasteiger partial charge on any atom is -0.363 e. The van der Waals surface area contributed by atoms with Gasteiger partial charge in [-0.15, -0.1) is 17.8 Å². The monoisotopic (exact) mass is 279 g/mol. The summed E-state index contributed by atoms with van der Waals surface area (Å²) in [5, 5.41) is 6.51. The van der Waals surface area contributed by atoms with Gasteiger partial charge in [0.05, 0.1) is 5.39 Å². The fourth-order valence-electron chi connectivity index (χ4n) is 2.06. The second-order valence-electron chi connectivity index (χ2n) is 4.49. The third-order valence-corrected chi connectivity index (χ3v) is 4.01. The first kappa shape index (κ1) is 12.6. The van der Waals surface area contributed by atoms with Gasteiger partial charge in [0.2, 0.25) is 0 Å². The highest BCUT2D eigenvalue weighted by Crippen LogP contribution is 2.26. The lowest BCUT2D eigenvalue weighted by Crippen LogP contribution is -2.08. The van der Waals surface area contributed by atoms with E-state index in [1.807, 2.05) is 35.7 Å². The molecule has 0 amide bonds. The Kier molecular flexibility index (Phi) is 3.36. The van der Waals surface area contributed by atoms with Crippen LogP contribution >= 0.6 is 11.3 Å². The maximum absolute atomic E-state index is 5.37. The maximum Gasteiger partial charge on any atom is 0.138 e. The molecule has 4 heteroatoms. The molecule has 1 N–H and O–H groups in total. The summed E-state index contributed by atoms with van der Waals surface area (Å²) >= 11 is 1.62. The van der Waals surface area contributed by atoms with E-state index >= 15 is 0 Å². The highest BCUT2D eigenvalue weighted by atomic mass is 32.1. The Morgan fingerprint density at radius 3 is 2.75 bits per heavy atom. The largest absolute Gasteiger partial charge is 0.363 e. The van der Waals surface area contributed by atoms with E-state index in [1.54, 1.807) is 17.7 Å². The van der Waals surface area contributed by atoms with Gasteiger partial charge in [0.1, 0.15) is 17.0 Å². The Hall–Kier alpha value is -2.38. The van der Waals surface area contributed by atoms with Gasteiger partial charge in [0.25, 0.3) is 0 Å². The first-order valence-electron chi connectivity index (χ1n) is 6.29. The number of rotatable bonds is 3. The molecule has 0 fully saturated rings. The van der Waals surface area contributed by atoms with Crippen molar-refractivity contribution >= 4 is 27.4 Å². The molecule has 2 heterocycles. The highest BCUT2D eigenvalue weighted by Gasteiger charge is 2.09. The maximum atomic E-state index is 5.37. The Labute approximate surface area is 121 Å². The molecule has 3 nitrogen and oxygen atoms in total. The summed E-state index contributed by atoms with van der Waals surface area (Å²) in [6.45, 7) is 2.10. The van der Waals surface area contributed by atoms with Crippen molar-refractivity contribution in [3.05, 3.63) is 53.2 Å². The van der Waals surface area contributed by atoms with Gasteiger partial charge in [-0.25, -0.2) is 9.97 Å². The number of fused-ring (bicyclic) bond motifs is 1. The van der Waals surface area contributed by atoms with Crippen molar-refractivity contribution in [3.63, 3.8) is 0 Å². The fourth-order valence-corrected chi connectivity index (χ4v) is 2.79. The number of nitrogens with one attached hydrogen (secondary N) is 1. The van der Waals surface area contributed by atoms with Gasteiger partial charge in [-0.1, -0.05) is 18.1 Å². The third kappa shape index (κ3) is 2.36. The highest BCUT2D eigenvalue weighted by molar-refractivity contribution is 7.16. The predicted octanol–water partition coefficient (Wildman–Crippen LogP) is 3.85.